The predicted molar refractivity (Wildman–Crippen MR) is 151 cm³/mol. The van der Waals surface area contributed by atoms with Crippen molar-refractivity contribution in [3.63, 3.8) is 0 Å². The maximum Gasteiger partial charge on any atom is 0.174 e. The van der Waals surface area contributed by atoms with Crippen LogP contribution in [0.1, 0.15) is 28.9 Å². The van der Waals surface area contributed by atoms with Gasteiger partial charge in [-0.2, -0.15) is 0 Å². The molecule has 5 nitrogen and oxygen atoms in total. The molecule has 1 aliphatic rings. The summed E-state index contributed by atoms with van der Waals surface area (Å²) in [6.07, 6.45) is 6.10. The van der Waals surface area contributed by atoms with E-state index in [1.807, 2.05) is 79.0 Å². The molecule has 0 saturated carbocycles. The monoisotopic (exact) mass is 502 g/mol. The van der Waals surface area contributed by atoms with E-state index in [0.717, 1.165) is 34.1 Å². The zero-order chi connectivity index (χ0) is 25.2. The molecule has 6 heteroatoms. The summed E-state index contributed by atoms with van der Waals surface area (Å²) in [5.74, 6) is 1.59. The Bertz CT molecular complexity index is 1500. The third-order valence-electron chi connectivity index (χ3n) is 6.58. The van der Waals surface area contributed by atoms with Gasteiger partial charge in [-0.25, -0.2) is 0 Å². The first-order chi connectivity index (χ1) is 18.2. The summed E-state index contributed by atoms with van der Waals surface area (Å²) in [6, 6.07) is 34.4. The minimum Gasteiger partial charge on any atom is -0.457 e. The molecule has 3 heterocycles. The number of ether oxygens (including phenoxy) is 1. The van der Waals surface area contributed by atoms with Crippen LogP contribution in [-0.2, 0) is 0 Å². The number of hydrogen-bond donors (Lipinski definition) is 1. The molecule has 1 saturated heterocycles. The maximum atomic E-state index is 6.05. The number of nitrogens with zero attached hydrogens (tertiary/aromatic N) is 3. The minimum atomic E-state index is -0.0937. The molecule has 1 N–H and O–H groups in total. The highest BCUT2D eigenvalue weighted by atomic mass is 32.1. The average molecular weight is 503 g/mol. The Balaban J connectivity index is 1.34. The number of aromatic nitrogens is 2. The van der Waals surface area contributed by atoms with Crippen LogP contribution < -0.4 is 15.0 Å². The number of thiocarbonyl (C=S) groups is 1. The van der Waals surface area contributed by atoms with Gasteiger partial charge in [-0.1, -0.05) is 42.0 Å². The van der Waals surface area contributed by atoms with Crippen LogP contribution >= 0.6 is 12.2 Å². The fourth-order valence-electron chi connectivity index (χ4n) is 4.74. The first-order valence-corrected chi connectivity index (χ1v) is 12.6. The largest absolute Gasteiger partial charge is 0.457 e. The molecule has 0 amide bonds. The van der Waals surface area contributed by atoms with Crippen molar-refractivity contribution in [1.29, 1.82) is 0 Å². The summed E-state index contributed by atoms with van der Waals surface area (Å²) in [5, 5.41) is 4.20. The molecule has 2 aromatic heterocycles. The lowest BCUT2D eigenvalue weighted by molar-refractivity contribution is 0.482. The molecule has 0 radical (unpaired) electrons. The molecule has 1 fully saturated rings. The van der Waals surface area contributed by atoms with E-state index >= 15 is 0 Å². The number of rotatable bonds is 6. The van der Waals surface area contributed by atoms with Gasteiger partial charge in [0.2, 0.25) is 0 Å². The topological polar surface area (TPSA) is 42.3 Å². The van der Waals surface area contributed by atoms with Gasteiger partial charge in [0.1, 0.15) is 11.5 Å². The molecule has 3 aromatic carbocycles. The highest BCUT2D eigenvalue weighted by Crippen LogP contribution is 2.42. The van der Waals surface area contributed by atoms with Gasteiger partial charge in [0.15, 0.2) is 5.11 Å². The number of benzene rings is 3. The van der Waals surface area contributed by atoms with Crippen LogP contribution in [0.4, 0.5) is 5.69 Å². The Morgan fingerprint density at radius 2 is 1.49 bits per heavy atom. The van der Waals surface area contributed by atoms with Crippen LogP contribution in [0.5, 0.6) is 11.5 Å². The third-order valence-corrected chi connectivity index (χ3v) is 6.90. The molecule has 2 atom stereocenters. The number of pyridine rings is 1. The van der Waals surface area contributed by atoms with E-state index in [2.05, 4.69) is 69.4 Å². The second-order valence-corrected chi connectivity index (χ2v) is 9.48. The van der Waals surface area contributed by atoms with Gasteiger partial charge in [-0.05, 0) is 91.4 Å². The highest BCUT2D eigenvalue weighted by Gasteiger charge is 2.41. The van der Waals surface area contributed by atoms with Crippen LogP contribution in [0.25, 0.3) is 5.69 Å². The SMILES string of the molecule is Cc1ccc(Oc2ccc(N3C(=S)N[C@@H](c4ccccn4)[C@@H]3c3ccn(-c4ccccc4)c3)cc2)cc1. The van der Waals surface area contributed by atoms with E-state index in [1.165, 1.54) is 5.56 Å². The second kappa shape index (κ2) is 9.91. The van der Waals surface area contributed by atoms with Crippen LogP contribution in [0, 0.1) is 6.92 Å². The molecule has 5 aromatic rings. The van der Waals surface area contributed by atoms with E-state index in [1.54, 1.807) is 0 Å². The minimum absolute atomic E-state index is 0.0729. The molecular weight excluding hydrogens is 476 g/mol. The Morgan fingerprint density at radius 1 is 0.784 bits per heavy atom. The van der Waals surface area contributed by atoms with Crippen LogP contribution in [-0.4, -0.2) is 14.7 Å². The lowest BCUT2D eigenvalue weighted by Crippen LogP contribution is -2.29. The average Bonchev–Trinajstić information content (AvgIpc) is 3.56. The molecular formula is C31H26N4OS. The lowest BCUT2D eigenvalue weighted by Gasteiger charge is -2.27. The van der Waals surface area contributed by atoms with Crippen molar-refractivity contribution in [2.75, 3.05) is 4.90 Å². The second-order valence-electron chi connectivity index (χ2n) is 9.09. The Morgan fingerprint density at radius 3 is 2.19 bits per heavy atom. The van der Waals surface area contributed by atoms with E-state index in [-0.39, 0.29) is 12.1 Å². The van der Waals surface area contributed by atoms with Gasteiger partial charge >= 0.3 is 0 Å². The van der Waals surface area contributed by atoms with Crippen LogP contribution in [0.2, 0.25) is 0 Å². The molecule has 37 heavy (non-hydrogen) atoms. The number of nitrogens with one attached hydrogen (secondary N) is 1. The van der Waals surface area contributed by atoms with Crippen LogP contribution in [0.15, 0.2) is 122 Å². The normalized spacial score (nSPS) is 17.0. The first kappa shape index (κ1) is 23.0. The molecule has 0 bridgehead atoms. The zero-order valence-electron chi connectivity index (χ0n) is 20.4. The van der Waals surface area contributed by atoms with Gasteiger partial charge in [0, 0.05) is 30.0 Å². The van der Waals surface area contributed by atoms with Gasteiger partial charge in [0.25, 0.3) is 0 Å². The Hall–Kier alpha value is -4.42. The predicted octanol–water partition coefficient (Wildman–Crippen LogP) is 7.15. The van der Waals surface area contributed by atoms with Crippen molar-refractivity contribution in [3.05, 3.63) is 139 Å². The number of anilines is 1. The van der Waals surface area contributed by atoms with Gasteiger partial charge in [-0.3, -0.25) is 4.98 Å². The molecule has 0 spiro atoms. The van der Waals surface area contributed by atoms with Crippen LogP contribution in [0.3, 0.4) is 0 Å². The van der Waals surface area contributed by atoms with E-state index < -0.39 is 0 Å². The van der Waals surface area contributed by atoms with Gasteiger partial charge < -0.3 is 19.5 Å². The smallest absolute Gasteiger partial charge is 0.174 e. The van der Waals surface area contributed by atoms with Crippen molar-refractivity contribution in [2.24, 2.45) is 0 Å². The summed E-state index contributed by atoms with van der Waals surface area (Å²) >= 11 is 5.88. The Labute approximate surface area is 222 Å². The zero-order valence-corrected chi connectivity index (χ0v) is 21.2. The van der Waals surface area contributed by atoms with Crippen molar-refractivity contribution in [2.45, 2.75) is 19.0 Å². The molecule has 0 unspecified atom stereocenters. The summed E-state index contributed by atoms with van der Waals surface area (Å²) in [4.78, 5) is 6.83. The fraction of sp³-hybridized carbons (Fsp3) is 0.0968. The summed E-state index contributed by atoms with van der Waals surface area (Å²) in [5.41, 5.74) is 5.40. The van der Waals surface area contributed by atoms with Crippen molar-refractivity contribution in [1.82, 2.24) is 14.9 Å². The highest BCUT2D eigenvalue weighted by molar-refractivity contribution is 7.80. The van der Waals surface area contributed by atoms with Gasteiger partial charge in [-0.15, -0.1) is 0 Å². The number of hydrogen-bond acceptors (Lipinski definition) is 3. The third kappa shape index (κ3) is 4.71. The van der Waals surface area contributed by atoms with Crippen molar-refractivity contribution < 1.29 is 4.74 Å². The Kier molecular flexibility index (Phi) is 6.16. The quantitative estimate of drug-likeness (QED) is 0.250. The van der Waals surface area contributed by atoms with Crippen molar-refractivity contribution >= 4 is 23.0 Å². The molecule has 6 rings (SSSR count). The van der Waals surface area contributed by atoms with Gasteiger partial charge in [0.05, 0.1) is 17.8 Å². The number of para-hydroxylation sites is 1. The molecule has 182 valence electrons. The standard InChI is InChI=1S/C31H26N4OS/c1-22-10-14-26(15-11-22)36-27-16-12-25(13-17-27)35-30(29(33-31(35)37)28-9-5-6-19-32-28)23-18-20-34(21-23)24-7-3-2-4-8-24/h2-21,29-30H,1H3,(H,33,37)/t29-,30-/m0/s1. The van der Waals surface area contributed by atoms with Crippen molar-refractivity contribution in [3.8, 4) is 17.2 Å². The number of aryl methyl sites for hydroxylation is 1. The fourth-order valence-corrected chi connectivity index (χ4v) is 5.08. The van der Waals surface area contributed by atoms with E-state index in [4.69, 9.17) is 17.0 Å². The maximum absolute atomic E-state index is 6.05. The molecule has 1 aliphatic heterocycles. The summed E-state index contributed by atoms with van der Waals surface area (Å²) in [7, 11) is 0. The summed E-state index contributed by atoms with van der Waals surface area (Å²) in [6.45, 7) is 2.06. The summed E-state index contributed by atoms with van der Waals surface area (Å²) < 4.78 is 8.19. The first-order valence-electron chi connectivity index (χ1n) is 12.2. The van der Waals surface area contributed by atoms with E-state index in [9.17, 15) is 0 Å². The lowest BCUT2D eigenvalue weighted by atomic mass is 9.98. The van der Waals surface area contributed by atoms with E-state index in [0.29, 0.717) is 5.11 Å². The molecule has 0 aliphatic carbocycles.